The second-order valence-corrected chi connectivity index (χ2v) is 9.70. The van der Waals surface area contributed by atoms with Gasteiger partial charge in [-0.05, 0) is 79.9 Å². The van der Waals surface area contributed by atoms with Gasteiger partial charge in [0.05, 0.1) is 17.6 Å². The second kappa shape index (κ2) is 12.5. The summed E-state index contributed by atoms with van der Waals surface area (Å²) in [6, 6.07) is 15.5. The highest BCUT2D eigenvalue weighted by Crippen LogP contribution is 2.31. The summed E-state index contributed by atoms with van der Waals surface area (Å²) in [5.41, 5.74) is 9.23. The van der Waals surface area contributed by atoms with Crippen molar-refractivity contribution in [3.63, 3.8) is 0 Å². The predicted octanol–water partition coefficient (Wildman–Crippen LogP) is 6.78. The maximum Gasteiger partial charge on any atom is 0.248 e. The van der Waals surface area contributed by atoms with E-state index in [1.54, 1.807) is 59.3 Å². The first-order valence-electron chi connectivity index (χ1n) is 12.8. The first kappa shape index (κ1) is 29.1. The molecule has 0 aliphatic carbocycles. The number of aromatic nitrogens is 2. The van der Waals surface area contributed by atoms with E-state index < -0.39 is 23.6 Å². The Balaban J connectivity index is 1.71. The Morgan fingerprint density at radius 3 is 2.61 bits per heavy atom. The fourth-order valence-corrected chi connectivity index (χ4v) is 4.72. The highest BCUT2D eigenvalue weighted by Gasteiger charge is 2.22. The maximum absolute atomic E-state index is 14.3. The van der Waals surface area contributed by atoms with Crippen LogP contribution < -0.4 is 11.1 Å². The molecule has 0 saturated carbocycles. The minimum absolute atomic E-state index is 0.0501. The lowest BCUT2D eigenvalue weighted by Crippen LogP contribution is -2.32. The van der Waals surface area contributed by atoms with Crippen LogP contribution in [0.2, 0.25) is 0 Å². The van der Waals surface area contributed by atoms with Crippen molar-refractivity contribution in [1.29, 1.82) is 0 Å². The van der Waals surface area contributed by atoms with Gasteiger partial charge in [0, 0.05) is 40.0 Å². The molecule has 0 radical (unpaired) electrons. The monoisotopic (exact) mass is 558 g/mol. The van der Waals surface area contributed by atoms with Gasteiger partial charge in [-0.25, -0.2) is 13.2 Å². The Labute approximate surface area is 235 Å². The Kier molecular flexibility index (Phi) is 8.87. The van der Waals surface area contributed by atoms with Crippen molar-refractivity contribution in [1.82, 2.24) is 14.9 Å². The number of hydrogen-bond acceptors (Lipinski definition) is 3. The van der Waals surface area contributed by atoms with E-state index in [1.165, 1.54) is 12.1 Å². The SMILES string of the molecule is C=C(C=C(F)C=C(C)F)CC(NC(=O)Cn1c(C)cc2cc(F)ccc21)c1ncccc1-c1cccc(C(N)=O)c1. The lowest BCUT2D eigenvalue weighted by Gasteiger charge is -2.22. The number of carbonyl (C=O) groups is 2. The summed E-state index contributed by atoms with van der Waals surface area (Å²) in [6.45, 7) is 6.78. The largest absolute Gasteiger partial charge is 0.366 e. The van der Waals surface area contributed by atoms with Crippen molar-refractivity contribution in [2.75, 3.05) is 0 Å². The van der Waals surface area contributed by atoms with Crippen molar-refractivity contribution in [3.05, 3.63) is 126 Å². The number of nitrogens with two attached hydrogens (primary N) is 1. The summed E-state index contributed by atoms with van der Waals surface area (Å²) in [5, 5.41) is 3.64. The van der Waals surface area contributed by atoms with Crippen LogP contribution in [0.3, 0.4) is 0 Å². The molecule has 4 rings (SSSR count). The number of pyridine rings is 1. The van der Waals surface area contributed by atoms with Gasteiger partial charge in [-0.1, -0.05) is 24.8 Å². The number of hydrogen-bond donors (Lipinski definition) is 2. The predicted molar refractivity (Wildman–Crippen MR) is 154 cm³/mol. The Morgan fingerprint density at radius 1 is 1.10 bits per heavy atom. The van der Waals surface area contributed by atoms with E-state index in [9.17, 15) is 22.8 Å². The molecule has 2 amide bonds. The van der Waals surface area contributed by atoms with Gasteiger partial charge in [0.15, 0.2) is 0 Å². The summed E-state index contributed by atoms with van der Waals surface area (Å²) < 4.78 is 43.0. The standard InChI is InChI=1S/C32H29F3N4O2/c1-19(12-26(35)14-20(2)33)13-28(31-27(8-5-11-37-31)22-6-4-7-23(16-22)32(36)41)38-30(40)18-39-21(3)15-24-17-25(34)9-10-29(24)39/h4-12,14-17,28H,1,13,18H2,2-3H3,(H2,36,41)(H,38,40). The van der Waals surface area contributed by atoms with Crippen molar-refractivity contribution in [2.24, 2.45) is 5.73 Å². The van der Waals surface area contributed by atoms with E-state index in [2.05, 4.69) is 16.9 Å². The average molecular weight is 559 g/mol. The van der Waals surface area contributed by atoms with E-state index in [-0.39, 0.29) is 30.3 Å². The molecule has 6 nitrogen and oxygen atoms in total. The van der Waals surface area contributed by atoms with Crippen LogP contribution >= 0.6 is 0 Å². The number of aryl methyl sites for hydroxylation is 1. The van der Waals surface area contributed by atoms with Gasteiger partial charge in [0.2, 0.25) is 11.8 Å². The van der Waals surface area contributed by atoms with Crippen LogP contribution in [0.5, 0.6) is 0 Å². The van der Waals surface area contributed by atoms with Crippen molar-refractivity contribution >= 4 is 22.7 Å². The number of carbonyl (C=O) groups excluding carboxylic acids is 2. The van der Waals surface area contributed by atoms with Crippen LogP contribution in [0.25, 0.3) is 22.0 Å². The average Bonchev–Trinajstić information content (AvgIpc) is 3.21. The molecular formula is C32H29F3N4O2. The molecule has 2 aromatic carbocycles. The van der Waals surface area contributed by atoms with Gasteiger partial charge in [-0.3, -0.25) is 14.6 Å². The Morgan fingerprint density at radius 2 is 1.88 bits per heavy atom. The lowest BCUT2D eigenvalue weighted by atomic mass is 9.94. The van der Waals surface area contributed by atoms with Crippen LogP contribution in [0.15, 0.2) is 103 Å². The number of allylic oxidation sites excluding steroid dienone is 4. The van der Waals surface area contributed by atoms with E-state index in [0.717, 1.165) is 24.8 Å². The molecule has 0 aliphatic heterocycles. The number of primary amides is 1. The molecule has 1 atom stereocenters. The number of benzene rings is 2. The van der Waals surface area contributed by atoms with Crippen LogP contribution in [-0.4, -0.2) is 21.4 Å². The molecule has 1 unspecified atom stereocenters. The Bertz CT molecular complexity index is 1700. The molecule has 2 heterocycles. The number of rotatable bonds is 10. The van der Waals surface area contributed by atoms with Crippen LogP contribution in [0.4, 0.5) is 13.2 Å². The number of nitrogens with one attached hydrogen (secondary N) is 1. The zero-order chi connectivity index (χ0) is 29.7. The van der Waals surface area contributed by atoms with Crippen LogP contribution in [0.1, 0.15) is 41.1 Å². The molecule has 41 heavy (non-hydrogen) atoms. The van der Waals surface area contributed by atoms with Gasteiger partial charge >= 0.3 is 0 Å². The first-order chi connectivity index (χ1) is 19.5. The fraction of sp³-hybridized carbons (Fsp3) is 0.156. The minimum Gasteiger partial charge on any atom is -0.366 e. The van der Waals surface area contributed by atoms with Gasteiger partial charge in [0.1, 0.15) is 18.2 Å². The normalized spacial score (nSPS) is 12.8. The highest BCUT2D eigenvalue weighted by molar-refractivity contribution is 5.94. The van der Waals surface area contributed by atoms with Gasteiger partial charge in [-0.15, -0.1) is 0 Å². The number of halogens is 3. The summed E-state index contributed by atoms with van der Waals surface area (Å²) in [5.74, 6) is -2.87. The summed E-state index contributed by atoms with van der Waals surface area (Å²) in [6.07, 6.45) is 3.44. The summed E-state index contributed by atoms with van der Waals surface area (Å²) >= 11 is 0. The van der Waals surface area contributed by atoms with E-state index in [4.69, 9.17) is 5.73 Å². The van der Waals surface area contributed by atoms with E-state index in [1.807, 2.05) is 6.92 Å². The molecule has 210 valence electrons. The van der Waals surface area contributed by atoms with Crippen molar-refractivity contribution < 1.29 is 22.8 Å². The molecule has 0 spiro atoms. The summed E-state index contributed by atoms with van der Waals surface area (Å²) in [4.78, 5) is 29.8. The number of amides is 2. The Hall–Kier alpha value is -4.92. The second-order valence-electron chi connectivity index (χ2n) is 9.70. The molecule has 0 aliphatic rings. The van der Waals surface area contributed by atoms with Crippen molar-refractivity contribution in [3.8, 4) is 11.1 Å². The molecule has 4 aromatic rings. The third kappa shape index (κ3) is 7.19. The summed E-state index contributed by atoms with van der Waals surface area (Å²) in [7, 11) is 0. The molecular weight excluding hydrogens is 529 g/mol. The molecule has 3 N–H and O–H groups in total. The van der Waals surface area contributed by atoms with Crippen LogP contribution in [-0.2, 0) is 11.3 Å². The smallest absolute Gasteiger partial charge is 0.248 e. The van der Waals surface area contributed by atoms with Crippen molar-refractivity contribution in [2.45, 2.75) is 32.9 Å². The molecule has 0 fully saturated rings. The minimum atomic E-state index is -0.822. The molecule has 2 aromatic heterocycles. The highest BCUT2D eigenvalue weighted by atomic mass is 19.1. The molecule has 9 heteroatoms. The number of fused-ring (bicyclic) bond motifs is 1. The maximum atomic E-state index is 14.3. The lowest BCUT2D eigenvalue weighted by molar-refractivity contribution is -0.122. The fourth-order valence-electron chi connectivity index (χ4n) is 4.72. The molecule has 0 bridgehead atoms. The van der Waals surface area contributed by atoms with E-state index in [0.29, 0.717) is 33.3 Å². The van der Waals surface area contributed by atoms with Gasteiger partial charge in [0.25, 0.3) is 0 Å². The zero-order valence-corrected chi connectivity index (χ0v) is 22.6. The van der Waals surface area contributed by atoms with Gasteiger partial charge in [-0.2, -0.15) is 0 Å². The molecule has 0 saturated heterocycles. The van der Waals surface area contributed by atoms with E-state index >= 15 is 0 Å². The topological polar surface area (TPSA) is 90.0 Å². The third-order valence-electron chi connectivity index (χ3n) is 6.48. The van der Waals surface area contributed by atoms with Gasteiger partial charge < -0.3 is 15.6 Å². The number of nitrogens with zero attached hydrogens (tertiary/aromatic N) is 2. The third-order valence-corrected chi connectivity index (χ3v) is 6.48. The van der Waals surface area contributed by atoms with Crippen LogP contribution in [0, 0.1) is 12.7 Å². The quantitative estimate of drug-likeness (QED) is 0.210. The first-order valence-corrected chi connectivity index (χ1v) is 12.8. The zero-order valence-electron chi connectivity index (χ0n) is 22.6.